The molecule has 0 aliphatic carbocycles. The van der Waals surface area contributed by atoms with Crippen molar-refractivity contribution >= 4 is 37.5 Å². The second kappa shape index (κ2) is 7.15. The van der Waals surface area contributed by atoms with Crippen molar-refractivity contribution in [3.8, 4) is 0 Å². The molecule has 21 heavy (non-hydrogen) atoms. The number of benzene rings is 1. The molecule has 1 aromatic heterocycles. The van der Waals surface area contributed by atoms with E-state index in [1.807, 2.05) is 0 Å². The van der Waals surface area contributed by atoms with Crippen LogP contribution in [0.1, 0.15) is 5.56 Å². The van der Waals surface area contributed by atoms with Crippen LogP contribution >= 0.6 is 31.9 Å². The van der Waals surface area contributed by atoms with E-state index in [0.29, 0.717) is 16.7 Å². The molecule has 8 heteroatoms. The van der Waals surface area contributed by atoms with Crippen LogP contribution in [0.4, 0.5) is 10.1 Å². The minimum Gasteiger partial charge on any atom is -0.394 e. The Morgan fingerprint density at radius 2 is 2.14 bits per heavy atom. The first kappa shape index (κ1) is 16.1. The number of nitrogens with zero attached hydrogens (tertiary/aromatic N) is 2. The van der Waals surface area contributed by atoms with Crippen molar-refractivity contribution in [2.45, 2.75) is 13.1 Å². The Hall–Kier alpha value is -1.25. The predicted molar refractivity (Wildman–Crippen MR) is 84.7 cm³/mol. The second-order valence-electron chi connectivity index (χ2n) is 4.21. The van der Waals surface area contributed by atoms with Crippen LogP contribution in [0.15, 0.2) is 38.1 Å². The molecule has 0 atom stereocenters. The third kappa shape index (κ3) is 3.90. The molecule has 0 saturated carbocycles. The Balaban J connectivity index is 2.19. The van der Waals surface area contributed by atoms with Crippen LogP contribution in [0.2, 0.25) is 0 Å². The Kier molecular flexibility index (Phi) is 5.49. The zero-order valence-corrected chi connectivity index (χ0v) is 14.0. The highest BCUT2D eigenvalue weighted by Crippen LogP contribution is 2.21. The van der Waals surface area contributed by atoms with Crippen molar-refractivity contribution in [2.24, 2.45) is 0 Å². The number of anilines is 1. The number of aromatic nitrogens is 2. The monoisotopic (exact) mass is 419 g/mol. The first-order chi connectivity index (χ1) is 10.0. The summed E-state index contributed by atoms with van der Waals surface area (Å²) in [5.41, 5.74) is 0.888. The van der Waals surface area contributed by atoms with Crippen LogP contribution in [0.3, 0.4) is 0 Å². The third-order valence-electron chi connectivity index (χ3n) is 2.77. The zero-order valence-electron chi connectivity index (χ0n) is 10.8. The summed E-state index contributed by atoms with van der Waals surface area (Å²) in [7, 11) is 0. The van der Waals surface area contributed by atoms with Gasteiger partial charge in [0.25, 0.3) is 5.56 Å². The van der Waals surface area contributed by atoms with Crippen LogP contribution in [-0.4, -0.2) is 21.5 Å². The summed E-state index contributed by atoms with van der Waals surface area (Å²) in [4.78, 5) is 11.9. The van der Waals surface area contributed by atoms with Crippen LogP contribution in [0.25, 0.3) is 0 Å². The lowest BCUT2D eigenvalue weighted by Gasteiger charge is -2.11. The fourth-order valence-corrected chi connectivity index (χ4v) is 2.55. The number of aliphatic hydroxyl groups excluding tert-OH is 1. The Morgan fingerprint density at radius 3 is 2.86 bits per heavy atom. The molecule has 112 valence electrons. The number of rotatable bonds is 5. The lowest BCUT2D eigenvalue weighted by molar-refractivity contribution is 0.266. The van der Waals surface area contributed by atoms with Gasteiger partial charge in [0.2, 0.25) is 0 Å². The van der Waals surface area contributed by atoms with E-state index in [2.05, 4.69) is 42.3 Å². The van der Waals surface area contributed by atoms with Crippen LogP contribution in [0.5, 0.6) is 0 Å². The molecular weight excluding hydrogens is 409 g/mol. The van der Waals surface area contributed by atoms with Gasteiger partial charge in [-0.3, -0.25) is 4.79 Å². The summed E-state index contributed by atoms with van der Waals surface area (Å²) in [5.74, 6) is -0.328. The molecule has 0 unspecified atom stereocenters. The molecule has 0 amide bonds. The molecule has 2 aromatic rings. The molecule has 0 radical (unpaired) electrons. The maximum absolute atomic E-state index is 13.2. The third-order valence-corrected chi connectivity index (χ3v) is 4.31. The lowest BCUT2D eigenvalue weighted by Crippen LogP contribution is -2.25. The number of halogens is 3. The van der Waals surface area contributed by atoms with E-state index >= 15 is 0 Å². The van der Waals surface area contributed by atoms with Gasteiger partial charge in [0, 0.05) is 11.0 Å². The van der Waals surface area contributed by atoms with Crippen molar-refractivity contribution in [3.63, 3.8) is 0 Å². The molecule has 1 aromatic carbocycles. The van der Waals surface area contributed by atoms with E-state index in [1.165, 1.54) is 18.3 Å². The molecule has 0 saturated heterocycles. The molecule has 2 rings (SSSR count). The molecular formula is C13H12Br2FN3O2. The molecule has 2 N–H and O–H groups in total. The average Bonchev–Trinajstić information content (AvgIpc) is 2.46. The molecule has 0 spiro atoms. The summed E-state index contributed by atoms with van der Waals surface area (Å²) in [6.45, 7) is 0.303. The highest BCUT2D eigenvalue weighted by Gasteiger charge is 2.09. The predicted octanol–water partition coefficient (Wildman–Crippen LogP) is 2.51. The van der Waals surface area contributed by atoms with Gasteiger partial charge in [-0.2, -0.15) is 5.10 Å². The number of nitrogens with one attached hydrogen (secondary N) is 1. The number of hydrogen-bond donors (Lipinski definition) is 2. The van der Waals surface area contributed by atoms with E-state index in [9.17, 15) is 9.18 Å². The van der Waals surface area contributed by atoms with Gasteiger partial charge in [-0.15, -0.1) is 0 Å². The van der Waals surface area contributed by atoms with Crippen LogP contribution < -0.4 is 10.9 Å². The van der Waals surface area contributed by atoms with E-state index in [0.717, 1.165) is 14.7 Å². The maximum Gasteiger partial charge on any atom is 0.283 e. The summed E-state index contributed by atoms with van der Waals surface area (Å²) >= 11 is 6.55. The largest absolute Gasteiger partial charge is 0.394 e. The van der Waals surface area contributed by atoms with Crippen molar-refractivity contribution in [1.29, 1.82) is 0 Å². The summed E-state index contributed by atoms with van der Waals surface area (Å²) in [6.07, 6.45) is 1.48. The average molecular weight is 421 g/mol. The van der Waals surface area contributed by atoms with Crippen molar-refractivity contribution < 1.29 is 9.50 Å². The van der Waals surface area contributed by atoms with Gasteiger partial charge in [-0.25, -0.2) is 9.07 Å². The van der Waals surface area contributed by atoms with E-state index < -0.39 is 0 Å². The SMILES string of the molecule is O=c1c(Br)c(NCc2cc(F)ccc2Br)cnn1CCO. The Morgan fingerprint density at radius 1 is 1.38 bits per heavy atom. The van der Waals surface area contributed by atoms with Gasteiger partial charge in [0.1, 0.15) is 10.3 Å². The van der Waals surface area contributed by atoms with Gasteiger partial charge in [-0.05, 0) is 39.7 Å². The van der Waals surface area contributed by atoms with E-state index in [-0.39, 0.29) is 24.5 Å². The van der Waals surface area contributed by atoms with Crippen molar-refractivity contribution in [1.82, 2.24) is 9.78 Å². The molecule has 1 heterocycles. The first-order valence-electron chi connectivity index (χ1n) is 6.07. The minimum absolute atomic E-state index is 0.132. The van der Waals surface area contributed by atoms with Crippen LogP contribution in [-0.2, 0) is 13.1 Å². The van der Waals surface area contributed by atoms with Gasteiger partial charge in [-0.1, -0.05) is 15.9 Å². The Labute approximate surface area is 137 Å². The standard InChI is InChI=1S/C13H12Br2FN3O2/c14-10-2-1-9(16)5-8(10)6-17-11-7-18-19(3-4-20)13(21)12(11)15/h1-2,5,7,17,20H,3-4,6H2. The maximum atomic E-state index is 13.2. The first-order valence-corrected chi connectivity index (χ1v) is 7.66. The highest BCUT2D eigenvalue weighted by atomic mass is 79.9. The van der Waals surface area contributed by atoms with Gasteiger partial charge < -0.3 is 10.4 Å². The van der Waals surface area contributed by atoms with Crippen molar-refractivity contribution in [2.75, 3.05) is 11.9 Å². The summed E-state index contributed by atoms with van der Waals surface area (Å²) in [5, 5.41) is 15.8. The quantitative estimate of drug-likeness (QED) is 0.779. The van der Waals surface area contributed by atoms with Crippen molar-refractivity contribution in [3.05, 3.63) is 55.1 Å². The smallest absolute Gasteiger partial charge is 0.283 e. The van der Waals surface area contributed by atoms with Crippen LogP contribution in [0, 0.1) is 5.82 Å². The van der Waals surface area contributed by atoms with E-state index in [4.69, 9.17) is 5.11 Å². The zero-order chi connectivity index (χ0) is 15.4. The fourth-order valence-electron chi connectivity index (χ4n) is 1.71. The number of hydrogen-bond acceptors (Lipinski definition) is 4. The molecule has 0 fully saturated rings. The lowest BCUT2D eigenvalue weighted by atomic mass is 10.2. The fraction of sp³-hybridized carbons (Fsp3) is 0.231. The number of aliphatic hydroxyl groups is 1. The van der Waals surface area contributed by atoms with Gasteiger partial charge in [0.05, 0.1) is 25.0 Å². The topological polar surface area (TPSA) is 67.2 Å². The second-order valence-corrected chi connectivity index (χ2v) is 5.86. The Bertz CT molecular complexity index is 706. The minimum atomic E-state index is -0.340. The van der Waals surface area contributed by atoms with E-state index in [1.54, 1.807) is 6.07 Å². The molecule has 5 nitrogen and oxygen atoms in total. The summed E-state index contributed by atoms with van der Waals surface area (Å²) < 4.78 is 15.5. The molecule has 0 aliphatic rings. The summed E-state index contributed by atoms with van der Waals surface area (Å²) in [6, 6.07) is 4.39. The molecule has 0 bridgehead atoms. The van der Waals surface area contributed by atoms with Gasteiger partial charge in [0.15, 0.2) is 0 Å². The normalized spacial score (nSPS) is 10.7. The molecule has 0 aliphatic heterocycles. The van der Waals surface area contributed by atoms with Gasteiger partial charge >= 0.3 is 0 Å². The highest BCUT2D eigenvalue weighted by molar-refractivity contribution is 9.10.